The summed E-state index contributed by atoms with van der Waals surface area (Å²) in [4.78, 5) is 5.06. The lowest BCUT2D eigenvalue weighted by Crippen LogP contribution is -2.46. The number of rotatable bonds is 5. The molecule has 1 saturated heterocycles. The van der Waals surface area contributed by atoms with Crippen LogP contribution in [0.4, 0.5) is 5.69 Å². The van der Waals surface area contributed by atoms with E-state index in [1.165, 1.54) is 50.1 Å². The molecule has 1 aromatic rings. The third-order valence-electron chi connectivity index (χ3n) is 4.03. The van der Waals surface area contributed by atoms with Crippen LogP contribution in [0.3, 0.4) is 0 Å². The van der Waals surface area contributed by atoms with Crippen LogP contribution in [0.25, 0.3) is 0 Å². The maximum atomic E-state index is 6.21. The van der Waals surface area contributed by atoms with Crippen LogP contribution in [0.1, 0.15) is 45.6 Å². The summed E-state index contributed by atoms with van der Waals surface area (Å²) in [7, 11) is 0. The molecule has 0 radical (unpaired) electrons. The molecule has 0 unspecified atom stereocenters. The summed E-state index contributed by atoms with van der Waals surface area (Å²) in [6.07, 6.45) is 4.00. The molecule has 1 aliphatic heterocycles. The SMILES string of the molecule is CC.CCCCCN1CCN(c2cccc(Cl)c2C)CC1. The van der Waals surface area contributed by atoms with Crippen LogP contribution >= 0.6 is 11.6 Å². The minimum atomic E-state index is 0.878. The fourth-order valence-electron chi connectivity index (χ4n) is 2.74. The number of halogens is 1. The molecule has 0 amide bonds. The van der Waals surface area contributed by atoms with Crippen LogP contribution in [0.5, 0.6) is 0 Å². The highest BCUT2D eigenvalue weighted by Crippen LogP contribution is 2.27. The largest absolute Gasteiger partial charge is 0.369 e. The van der Waals surface area contributed by atoms with Crippen molar-refractivity contribution in [2.24, 2.45) is 0 Å². The molecule has 0 spiro atoms. The van der Waals surface area contributed by atoms with E-state index in [1.54, 1.807) is 0 Å². The molecule has 1 aliphatic rings. The second-order valence-electron chi connectivity index (χ2n) is 5.42. The van der Waals surface area contributed by atoms with E-state index in [-0.39, 0.29) is 0 Å². The lowest BCUT2D eigenvalue weighted by Gasteiger charge is -2.37. The molecule has 0 N–H and O–H groups in total. The highest BCUT2D eigenvalue weighted by Gasteiger charge is 2.18. The quantitative estimate of drug-likeness (QED) is 0.707. The summed E-state index contributed by atoms with van der Waals surface area (Å²) < 4.78 is 0. The summed E-state index contributed by atoms with van der Waals surface area (Å²) in [5.74, 6) is 0. The summed E-state index contributed by atoms with van der Waals surface area (Å²) >= 11 is 6.21. The number of benzene rings is 1. The summed E-state index contributed by atoms with van der Waals surface area (Å²) in [5.41, 5.74) is 2.52. The molecule has 1 heterocycles. The van der Waals surface area contributed by atoms with Crippen molar-refractivity contribution in [1.82, 2.24) is 4.90 Å². The summed E-state index contributed by atoms with van der Waals surface area (Å²) in [6.45, 7) is 14.2. The normalized spacial score (nSPS) is 15.6. The second kappa shape index (κ2) is 10.1. The molecule has 2 nitrogen and oxygen atoms in total. The Bertz CT molecular complexity index is 398. The van der Waals surface area contributed by atoms with Gasteiger partial charge in [-0.15, -0.1) is 0 Å². The highest BCUT2D eigenvalue weighted by molar-refractivity contribution is 6.31. The number of unbranched alkanes of at least 4 members (excludes halogenated alkanes) is 2. The predicted octanol–water partition coefficient (Wildman–Crippen LogP) is 4.99. The fraction of sp³-hybridized carbons (Fsp3) is 0.667. The first-order valence-electron chi connectivity index (χ1n) is 8.44. The zero-order valence-corrected chi connectivity index (χ0v) is 14.9. The third-order valence-corrected chi connectivity index (χ3v) is 4.44. The van der Waals surface area contributed by atoms with Crippen molar-refractivity contribution in [2.45, 2.75) is 47.0 Å². The van der Waals surface area contributed by atoms with Gasteiger partial charge in [-0.1, -0.05) is 51.3 Å². The van der Waals surface area contributed by atoms with Gasteiger partial charge >= 0.3 is 0 Å². The van der Waals surface area contributed by atoms with Crippen molar-refractivity contribution in [3.8, 4) is 0 Å². The Morgan fingerprint density at radius 3 is 2.33 bits per heavy atom. The lowest BCUT2D eigenvalue weighted by atomic mass is 10.1. The number of anilines is 1. The van der Waals surface area contributed by atoms with Crippen LogP contribution in [-0.2, 0) is 0 Å². The van der Waals surface area contributed by atoms with Crippen LogP contribution in [-0.4, -0.2) is 37.6 Å². The van der Waals surface area contributed by atoms with Gasteiger partial charge in [-0.25, -0.2) is 0 Å². The van der Waals surface area contributed by atoms with Crippen molar-refractivity contribution in [2.75, 3.05) is 37.6 Å². The molecule has 120 valence electrons. The number of hydrogen-bond donors (Lipinski definition) is 0. The van der Waals surface area contributed by atoms with Crippen molar-refractivity contribution >= 4 is 17.3 Å². The van der Waals surface area contributed by atoms with Crippen molar-refractivity contribution in [1.29, 1.82) is 0 Å². The van der Waals surface area contributed by atoms with Gasteiger partial charge in [-0.3, -0.25) is 4.90 Å². The van der Waals surface area contributed by atoms with Crippen LogP contribution < -0.4 is 4.90 Å². The molecule has 21 heavy (non-hydrogen) atoms. The number of piperazine rings is 1. The van der Waals surface area contributed by atoms with Gasteiger partial charge in [0, 0.05) is 36.9 Å². The lowest BCUT2D eigenvalue weighted by molar-refractivity contribution is 0.252. The smallest absolute Gasteiger partial charge is 0.0455 e. The van der Waals surface area contributed by atoms with E-state index in [1.807, 2.05) is 19.9 Å². The number of hydrogen-bond acceptors (Lipinski definition) is 2. The van der Waals surface area contributed by atoms with E-state index >= 15 is 0 Å². The van der Waals surface area contributed by atoms with E-state index < -0.39 is 0 Å². The zero-order valence-electron chi connectivity index (χ0n) is 14.2. The van der Waals surface area contributed by atoms with Gasteiger partial charge < -0.3 is 4.90 Å². The predicted molar refractivity (Wildman–Crippen MR) is 95.7 cm³/mol. The molecule has 3 heteroatoms. The van der Waals surface area contributed by atoms with Crippen molar-refractivity contribution < 1.29 is 0 Å². The molecular weight excluding hydrogens is 280 g/mol. The average molecular weight is 311 g/mol. The van der Waals surface area contributed by atoms with E-state index in [0.29, 0.717) is 0 Å². The van der Waals surface area contributed by atoms with Gasteiger partial charge in [-0.05, 0) is 37.6 Å². The third kappa shape index (κ3) is 5.52. The molecule has 0 bridgehead atoms. The van der Waals surface area contributed by atoms with Gasteiger partial charge in [-0.2, -0.15) is 0 Å². The number of nitrogens with zero attached hydrogens (tertiary/aromatic N) is 2. The van der Waals surface area contributed by atoms with E-state index in [0.717, 1.165) is 18.1 Å². The molecule has 0 atom stereocenters. The first-order valence-corrected chi connectivity index (χ1v) is 8.82. The minimum absolute atomic E-state index is 0.878. The van der Waals surface area contributed by atoms with E-state index in [4.69, 9.17) is 11.6 Å². The Kier molecular flexibility index (Phi) is 8.79. The molecule has 0 aromatic heterocycles. The highest BCUT2D eigenvalue weighted by atomic mass is 35.5. The molecule has 2 rings (SSSR count). The monoisotopic (exact) mass is 310 g/mol. The maximum Gasteiger partial charge on any atom is 0.0455 e. The molecule has 0 saturated carbocycles. The van der Waals surface area contributed by atoms with E-state index in [2.05, 4.69) is 35.8 Å². The summed E-state index contributed by atoms with van der Waals surface area (Å²) in [6, 6.07) is 6.22. The first kappa shape index (κ1) is 18.3. The molecular formula is C18H31ClN2. The van der Waals surface area contributed by atoms with Gasteiger partial charge in [0.05, 0.1) is 0 Å². The average Bonchev–Trinajstić information content (AvgIpc) is 2.53. The Labute approximate surface area is 136 Å². The Morgan fingerprint density at radius 1 is 1.05 bits per heavy atom. The van der Waals surface area contributed by atoms with Gasteiger partial charge in [0.2, 0.25) is 0 Å². The molecule has 1 aromatic carbocycles. The van der Waals surface area contributed by atoms with Crippen LogP contribution in [0, 0.1) is 6.92 Å². The Morgan fingerprint density at radius 2 is 1.71 bits per heavy atom. The molecule has 1 fully saturated rings. The topological polar surface area (TPSA) is 6.48 Å². The van der Waals surface area contributed by atoms with Crippen molar-refractivity contribution in [3.05, 3.63) is 28.8 Å². The van der Waals surface area contributed by atoms with Gasteiger partial charge in [0.25, 0.3) is 0 Å². The van der Waals surface area contributed by atoms with Crippen LogP contribution in [0.2, 0.25) is 5.02 Å². The maximum absolute atomic E-state index is 6.21. The van der Waals surface area contributed by atoms with Gasteiger partial charge in [0.15, 0.2) is 0 Å². The molecule has 0 aliphatic carbocycles. The Balaban J connectivity index is 0.00000106. The second-order valence-corrected chi connectivity index (χ2v) is 5.83. The minimum Gasteiger partial charge on any atom is -0.369 e. The van der Waals surface area contributed by atoms with Crippen molar-refractivity contribution in [3.63, 3.8) is 0 Å². The zero-order chi connectivity index (χ0) is 15.7. The standard InChI is InChI=1S/C16H25ClN2.C2H6/c1-3-4-5-9-18-10-12-19(13-11-18)16-8-6-7-15(17)14(16)2;1-2/h6-8H,3-5,9-13H2,1-2H3;1-2H3. The first-order chi connectivity index (χ1) is 10.2. The van der Waals surface area contributed by atoms with Gasteiger partial charge in [0.1, 0.15) is 0 Å². The fourth-order valence-corrected chi connectivity index (χ4v) is 2.91. The van der Waals surface area contributed by atoms with Crippen LogP contribution in [0.15, 0.2) is 18.2 Å². The Hall–Kier alpha value is -0.730. The summed E-state index contributed by atoms with van der Waals surface area (Å²) in [5, 5.41) is 0.878. The van der Waals surface area contributed by atoms with E-state index in [9.17, 15) is 0 Å².